The van der Waals surface area contributed by atoms with Crippen LogP contribution >= 0.6 is 0 Å². The van der Waals surface area contributed by atoms with Crippen LogP contribution < -0.4 is 0 Å². The smallest absolute Gasteiger partial charge is 0.169 e. The van der Waals surface area contributed by atoms with E-state index in [-0.39, 0.29) is 0 Å². The van der Waals surface area contributed by atoms with E-state index >= 15 is 0 Å². The average molecular weight is 158 g/mol. The Bertz CT molecular complexity index is 420. The Labute approximate surface area is 69.1 Å². The normalized spacial score (nSPS) is 10.0. The van der Waals surface area contributed by atoms with E-state index < -0.39 is 0 Å². The Hall–Kier alpha value is -1.77. The quantitative estimate of drug-likeness (QED) is 0.590. The minimum absolute atomic E-state index is 0.468. The van der Waals surface area contributed by atoms with Gasteiger partial charge in [0.05, 0.1) is 0 Å². The molecule has 0 saturated carbocycles. The van der Waals surface area contributed by atoms with Crippen molar-refractivity contribution in [3.05, 3.63) is 36.4 Å². The van der Waals surface area contributed by atoms with E-state index in [2.05, 4.69) is 9.97 Å². The van der Waals surface area contributed by atoms with Crippen molar-refractivity contribution in [2.24, 2.45) is 0 Å². The number of aromatic nitrogens is 2. The highest BCUT2D eigenvalue weighted by Gasteiger charge is 1.98. The number of pyridine rings is 2. The summed E-state index contributed by atoms with van der Waals surface area (Å²) in [5.41, 5.74) is 0.468. The van der Waals surface area contributed by atoms with Crippen molar-refractivity contribution in [2.75, 3.05) is 0 Å². The van der Waals surface area contributed by atoms with E-state index in [1.165, 1.54) is 0 Å². The van der Waals surface area contributed by atoms with Gasteiger partial charge in [0, 0.05) is 29.4 Å². The molecule has 2 aromatic heterocycles. The molecule has 0 aliphatic carbocycles. The molecule has 0 aromatic carbocycles. The fourth-order valence-corrected chi connectivity index (χ4v) is 1.13. The number of aldehydes is 1. The number of carbonyl (C=O) groups is 1. The summed E-state index contributed by atoms with van der Waals surface area (Å²) in [6, 6.07) is 3.61. The fourth-order valence-electron chi connectivity index (χ4n) is 1.13. The third-order valence-electron chi connectivity index (χ3n) is 1.71. The highest BCUT2D eigenvalue weighted by molar-refractivity contribution is 5.95. The lowest BCUT2D eigenvalue weighted by Gasteiger charge is -1.96. The molecule has 58 valence electrons. The summed E-state index contributed by atoms with van der Waals surface area (Å²) in [6.45, 7) is 0. The molecule has 2 aromatic rings. The Balaban J connectivity index is 2.88. The van der Waals surface area contributed by atoms with E-state index in [9.17, 15) is 4.79 Å². The monoisotopic (exact) mass is 158 g/mol. The van der Waals surface area contributed by atoms with Crippen LogP contribution in [-0.4, -0.2) is 16.3 Å². The molecular formula is C9H6N2O. The second-order valence-corrected chi connectivity index (χ2v) is 2.41. The predicted molar refractivity (Wildman–Crippen MR) is 44.9 cm³/mol. The molecule has 3 nitrogen and oxygen atoms in total. The molecule has 0 radical (unpaired) electrons. The standard InChI is InChI=1S/C9H6N2O/c12-6-9-8-2-3-10-5-7(8)1-4-11-9/h1-6H. The zero-order valence-electron chi connectivity index (χ0n) is 6.27. The molecule has 0 N–H and O–H groups in total. The molecule has 0 saturated heterocycles. The first kappa shape index (κ1) is 6.91. The minimum Gasteiger partial charge on any atom is -0.296 e. The maximum atomic E-state index is 10.5. The lowest BCUT2D eigenvalue weighted by atomic mass is 10.2. The molecule has 0 amide bonds. The number of hydrogen-bond acceptors (Lipinski definition) is 3. The topological polar surface area (TPSA) is 42.9 Å². The maximum absolute atomic E-state index is 10.5. The fraction of sp³-hybridized carbons (Fsp3) is 0. The van der Waals surface area contributed by atoms with E-state index in [4.69, 9.17) is 0 Å². The van der Waals surface area contributed by atoms with Crippen LogP contribution in [0.2, 0.25) is 0 Å². The van der Waals surface area contributed by atoms with Gasteiger partial charge in [0.1, 0.15) is 5.69 Å². The summed E-state index contributed by atoms with van der Waals surface area (Å²) < 4.78 is 0. The minimum atomic E-state index is 0.468. The van der Waals surface area contributed by atoms with Gasteiger partial charge in [-0.3, -0.25) is 14.8 Å². The largest absolute Gasteiger partial charge is 0.296 e. The summed E-state index contributed by atoms with van der Waals surface area (Å²) in [7, 11) is 0. The van der Waals surface area contributed by atoms with Crippen molar-refractivity contribution in [3.63, 3.8) is 0 Å². The molecule has 12 heavy (non-hydrogen) atoms. The van der Waals surface area contributed by atoms with Gasteiger partial charge in [0.15, 0.2) is 6.29 Å². The Kier molecular flexibility index (Phi) is 1.55. The van der Waals surface area contributed by atoms with Crippen LogP contribution in [0.25, 0.3) is 10.8 Å². The summed E-state index contributed by atoms with van der Waals surface area (Å²) in [4.78, 5) is 18.4. The van der Waals surface area contributed by atoms with Crippen LogP contribution in [0.4, 0.5) is 0 Å². The zero-order chi connectivity index (χ0) is 8.39. The molecular weight excluding hydrogens is 152 g/mol. The van der Waals surface area contributed by atoms with E-state index in [0.717, 1.165) is 17.1 Å². The molecule has 0 spiro atoms. The summed E-state index contributed by atoms with van der Waals surface area (Å²) in [5.74, 6) is 0. The van der Waals surface area contributed by atoms with Gasteiger partial charge in [-0.2, -0.15) is 0 Å². The summed E-state index contributed by atoms with van der Waals surface area (Å²) in [6.07, 6.45) is 5.72. The highest BCUT2D eigenvalue weighted by atomic mass is 16.1. The summed E-state index contributed by atoms with van der Waals surface area (Å²) >= 11 is 0. The number of fused-ring (bicyclic) bond motifs is 1. The molecule has 0 bridgehead atoms. The van der Waals surface area contributed by atoms with Crippen molar-refractivity contribution >= 4 is 17.1 Å². The number of nitrogens with zero attached hydrogens (tertiary/aromatic N) is 2. The van der Waals surface area contributed by atoms with Crippen molar-refractivity contribution in [1.29, 1.82) is 0 Å². The third kappa shape index (κ3) is 0.955. The van der Waals surface area contributed by atoms with E-state index in [1.807, 2.05) is 6.07 Å². The summed E-state index contributed by atoms with van der Waals surface area (Å²) in [5, 5.41) is 1.79. The van der Waals surface area contributed by atoms with Crippen LogP contribution in [-0.2, 0) is 0 Å². The highest BCUT2D eigenvalue weighted by Crippen LogP contribution is 2.12. The molecule has 0 aliphatic rings. The van der Waals surface area contributed by atoms with Gasteiger partial charge >= 0.3 is 0 Å². The van der Waals surface area contributed by atoms with Crippen LogP contribution in [0.3, 0.4) is 0 Å². The Morgan fingerprint density at radius 2 is 2.17 bits per heavy atom. The lowest BCUT2D eigenvalue weighted by molar-refractivity contribution is 0.112. The van der Waals surface area contributed by atoms with Gasteiger partial charge in [-0.25, -0.2) is 0 Å². The second kappa shape index (κ2) is 2.70. The van der Waals surface area contributed by atoms with Crippen molar-refractivity contribution in [3.8, 4) is 0 Å². The zero-order valence-corrected chi connectivity index (χ0v) is 6.27. The van der Waals surface area contributed by atoms with Crippen LogP contribution in [0.1, 0.15) is 10.5 Å². The van der Waals surface area contributed by atoms with Gasteiger partial charge in [0.25, 0.3) is 0 Å². The second-order valence-electron chi connectivity index (χ2n) is 2.41. The number of hydrogen-bond donors (Lipinski definition) is 0. The van der Waals surface area contributed by atoms with Crippen LogP contribution in [0.15, 0.2) is 30.7 Å². The number of carbonyl (C=O) groups excluding carboxylic acids is 1. The maximum Gasteiger partial charge on any atom is 0.169 e. The van der Waals surface area contributed by atoms with Crippen LogP contribution in [0, 0.1) is 0 Å². The predicted octanol–water partition coefficient (Wildman–Crippen LogP) is 1.44. The Morgan fingerprint density at radius 1 is 1.25 bits per heavy atom. The first-order valence-corrected chi connectivity index (χ1v) is 3.56. The van der Waals surface area contributed by atoms with Gasteiger partial charge in [-0.05, 0) is 12.1 Å². The van der Waals surface area contributed by atoms with Crippen LogP contribution in [0.5, 0.6) is 0 Å². The number of rotatable bonds is 1. The first-order valence-electron chi connectivity index (χ1n) is 3.56. The van der Waals surface area contributed by atoms with Gasteiger partial charge in [-0.15, -0.1) is 0 Å². The van der Waals surface area contributed by atoms with Crippen molar-refractivity contribution in [2.45, 2.75) is 0 Å². The van der Waals surface area contributed by atoms with Gasteiger partial charge in [-0.1, -0.05) is 0 Å². The van der Waals surface area contributed by atoms with E-state index in [1.54, 1.807) is 24.7 Å². The SMILES string of the molecule is O=Cc1nccc2cnccc12. The van der Waals surface area contributed by atoms with Gasteiger partial charge < -0.3 is 0 Å². The lowest BCUT2D eigenvalue weighted by Crippen LogP contribution is -1.87. The van der Waals surface area contributed by atoms with Gasteiger partial charge in [0.2, 0.25) is 0 Å². The Morgan fingerprint density at radius 3 is 3.00 bits per heavy atom. The van der Waals surface area contributed by atoms with Crippen molar-refractivity contribution in [1.82, 2.24) is 9.97 Å². The molecule has 2 rings (SSSR count). The molecule has 2 heterocycles. The molecule has 3 heteroatoms. The average Bonchev–Trinajstić information content (AvgIpc) is 2.17. The van der Waals surface area contributed by atoms with Crippen molar-refractivity contribution < 1.29 is 4.79 Å². The molecule has 0 unspecified atom stereocenters. The van der Waals surface area contributed by atoms with E-state index in [0.29, 0.717) is 5.69 Å². The first-order chi connectivity index (χ1) is 5.92. The molecule has 0 fully saturated rings. The third-order valence-corrected chi connectivity index (χ3v) is 1.71. The molecule has 0 aliphatic heterocycles. The molecule has 0 atom stereocenters.